The van der Waals surface area contributed by atoms with E-state index < -0.39 is 0 Å². The number of allylic oxidation sites excluding steroid dienone is 1. The van der Waals surface area contributed by atoms with Gasteiger partial charge in [0, 0.05) is 6.04 Å². The van der Waals surface area contributed by atoms with Crippen LogP contribution in [0.2, 0.25) is 5.02 Å². The smallest absolute Gasteiger partial charge is 0.0765 e. The van der Waals surface area contributed by atoms with Crippen molar-refractivity contribution in [1.82, 2.24) is 0 Å². The Balaban J connectivity index is 2.13. The van der Waals surface area contributed by atoms with E-state index in [1.54, 1.807) is 0 Å². The number of nitrogens with one attached hydrogen (secondary N) is 1. The number of halogens is 1. The lowest BCUT2D eigenvalue weighted by Gasteiger charge is -2.22. The molecule has 2 nitrogen and oxygen atoms in total. The summed E-state index contributed by atoms with van der Waals surface area (Å²) in [5.74, 6) is 0. The summed E-state index contributed by atoms with van der Waals surface area (Å²) in [7, 11) is 0. The molecule has 1 unspecified atom stereocenters. The Morgan fingerprint density at radius 3 is 2.87 bits per heavy atom. The van der Waals surface area contributed by atoms with Gasteiger partial charge >= 0.3 is 0 Å². The predicted molar refractivity (Wildman–Crippen MR) is 66.3 cm³/mol. The minimum atomic E-state index is 0.456. The third-order valence-corrected chi connectivity index (χ3v) is 2.98. The van der Waals surface area contributed by atoms with E-state index in [1.807, 2.05) is 18.2 Å². The van der Waals surface area contributed by atoms with Crippen LogP contribution in [0, 0.1) is 0 Å². The van der Waals surface area contributed by atoms with E-state index in [9.17, 15) is 0 Å². The Kier molecular flexibility index (Phi) is 3.17. The van der Waals surface area contributed by atoms with Gasteiger partial charge in [0.05, 0.1) is 16.4 Å². The molecule has 0 amide bonds. The third kappa shape index (κ3) is 2.45. The van der Waals surface area contributed by atoms with E-state index in [-0.39, 0.29) is 0 Å². The molecule has 0 radical (unpaired) electrons. The van der Waals surface area contributed by atoms with E-state index in [0.29, 0.717) is 11.1 Å². The summed E-state index contributed by atoms with van der Waals surface area (Å²) in [6.07, 6.45) is 7.73. The molecule has 1 aliphatic carbocycles. The van der Waals surface area contributed by atoms with Crippen molar-refractivity contribution in [2.45, 2.75) is 25.3 Å². The van der Waals surface area contributed by atoms with Gasteiger partial charge in [-0.05, 0) is 31.4 Å². The van der Waals surface area contributed by atoms with Crippen LogP contribution >= 0.6 is 11.6 Å². The summed E-state index contributed by atoms with van der Waals surface area (Å²) in [4.78, 5) is 0. The second-order valence-electron chi connectivity index (χ2n) is 3.83. The van der Waals surface area contributed by atoms with Crippen LogP contribution in [-0.2, 0) is 0 Å². The minimum absolute atomic E-state index is 0.456. The van der Waals surface area contributed by atoms with Crippen LogP contribution < -0.4 is 11.1 Å². The summed E-state index contributed by atoms with van der Waals surface area (Å²) in [5.41, 5.74) is 7.47. The number of nitrogen functional groups attached to an aromatic ring is 1. The number of hydrogen-bond donors (Lipinski definition) is 2. The maximum atomic E-state index is 6.09. The molecule has 0 aliphatic heterocycles. The summed E-state index contributed by atoms with van der Waals surface area (Å²) in [6, 6.07) is 6.05. The molecular weight excluding hydrogens is 208 g/mol. The van der Waals surface area contributed by atoms with Crippen LogP contribution in [0.3, 0.4) is 0 Å². The van der Waals surface area contributed by atoms with Gasteiger partial charge in [0.1, 0.15) is 0 Å². The van der Waals surface area contributed by atoms with Crippen LogP contribution in [0.25, 0.3) is 0 Å². The molecule has 80 valence electrons. The van der Waals surface area contributed by atoms with Crippen LogP contribution in [0.15, 0.2) is 30.4 Å². The maximum Gasteiger partial charge on any atom is 0.0765 e. The molecular formula is C12H15ClN2. The van der Waals surface area contributed by atoms with Gasteiger partial charge in [-0.15, -0.1) is 0 Å². The molecule has 1 aromatic carbocycles. The van der Waals surface area contributed by atoms with Crippen LogP contribution in [0.1, 0.15) is 19.3 Å². The van der Waals surface area contributed by atoms with Crippen LogP contribution in [-0.4, -0.2) is 6.04 Å². The van der Waals surface area contributed by atoms with E-state index >= 15 is 0 Å². The summed E-state index contributed by atoms with van der Waals surface area (Å²) >= 11 is 6.09. The van der Waals surface area contributed by atoms with Gasteiger partial charge in [-0.3, -0.25) is 0 Å². The Labute approximate surface area is 95.1 Å². The average molecular weight is 223 g/mol. The zero-order chi connectivity index (χ0) is 10.7. The van der Waals surface area contributed by atoms with Crippen molar-refractivity contribution in [3.63, 3.8) is 0 Å². The molecule has 1 atom stereocenters. The lowest BCUT2D eigenvalue weighted by Crippen LogP contribution is -2.21. The Hall–Kier alpha value is -1.15. The Morgan fingerprint density at radius 1 is 1.33 bits per heavy atom. The van der Waals surface area contributed by atoms with Gasteiger partial charge in [0.15, 0.2) is 0 Å². The van der Waals surface area contributed by atoms with Crippen LogP contribution in [0.5, 0.6) is 0 Å². The number of para-hydroxylation sites is 1. The van der Waals surface area contributed by atoms with Gasteiger partial charge < -0.3 is 11.1 Å². The number of rotatable bonds is 2. The highest BCUT2D eigenvalue weighted by Gasteiger charge is 2.12. The molecule has 3 heteroatoms. The first kappa shape index (κ1) is 10.4. The zero-order valence-electron chi connectivity index (χ0n) is 8.54. The predicted octanol–water partition coefficient (Wildman–Crippen LogP) is 3.44. The molecule has 0 aromatic heterocycles. The molecule has 3 N–H and O–H groups in total. The highest BCUT2D eigenvalue weighted by atomic mass is 35.5. The standard InChI is InChI=1S/C12H15ClN2/c13-10-7-4-8-11(14)12(10)15-9-5-2-1-3-6-9/h1-2,4,7-9,15H,3,5-6,14H2. The molecule has 0 bridgehead atoms. The summed E-state index contributed by atoms with van der Waals surface area (Å²) < 4.78 is 0. The Bertz CT molecular complexity index is 354. The fraction of sp³-hybridized carbons (Fsp3) is 0.333. The van der Waals surface area contributed by atoms with E-state index in [2.05, 4.69) is 17.5 Å². The van der Waals surface area contributed by atoms with Crippen molar-refractivity contribution < 1.29 is 0 Å². The van der Waals surface area contributed by atoms with Gasteiger partial charge in [0.25, 0.3) is 0 Å². The molecule has 0 saturated carbocycles. The van der Waals surface area contributed by atoms with Gasteiger partial charge in [-0.25, -0.2) is 0 Å². The van der Waals surface area contributed by atoms with E-state index in [1.165, 1.54) is 0 Å². The SMILES string of the molecule is Nc1cccc(Cl)c1NC1CC=CCC1. The largest absolute Gasteiger partial charge is 0.397 e. The van der Waals surface area contributed by atoms with Crippen molar-refractivity contribution in [2.24, 2.45) is 0 Å². The quantitative estimate of drug-likeness (QED) is 0.594. The van der Waals surface area contributed by atoms with Crippen molar-refractivity contribution in [3.05, 3.63) is 35.4 Å². The summed E-state index contributed by atoms with van der Waals surface area (Å²) in [6.45, 7) is 0. The van der Waals surface area contributed by atoms with Gasteiger partial charge in [0.2, 0.25) is 0 Å². The highest BCUT2D eigenvalue weighted by Crippen LogP contribution is 2.30. The molecule has 2 rings (SSSR count). The van der Waals surface area contributed by atoms with Gasteiger partial charge in [-0.1, -0.05) is 29.8 Å². The molecule has 0 saturated heterocycles. The monoisotopic (exact) mass is 222 g/mol. The molecule has 1 aromatic rings. The zero-order valence-corrected chi connectivity index (χ0v) is 9.30. The first-order chi connectivity index (χ1) is 7.27. The fourth-order valence-electron chi connectivity index (χ4n) is 1.82. The van der Waals surface area contributed by atoms with Crippen LogP contribution in [0.4, 0.5) is 11.4 Å². The summed E-state index contributed by atoms with van der Waals surface area (Å²) in [5, 5.41) is 4.11. The number of hydrogen-bond acceptors (Lipinski definition) is 2. The molecule has 1 aliphatic rings. The normalized spacial score (nSPS) is 20.2. The molecule has 0 spiro atoms. The molecule has 0 fully saturated rings. The average Bonchev–Trinajstić information content (AvgIpc) is 2.25. The topological polar surface area (TPSA) is 38.0 Å². The second-order valence-corrected chi connectivity index (χ2v) is 4.24. The second kappa shape index (κ2) is 4.58. The maximum absolute atomic E-state index is 6.09. The number of benzene rings is 1. The third-order valence-electron chi connectivity index (χ3n) is 2.66. The highest BCUT2D eigenvalue weighted by molar-refractivity contribution is 6.33. The van der Waals surface area contributed by atoms with Crippen molar-refractivity contribution >= 4 is 23.0 Å². The first-order valence-corrected chi connectivity index (χ1v) is 5.60. The Morgan fingerprint density at radius 2 is 2.20 bits per heavy atom. The van der Waals surface area contributed by atoms with Gasteiger partial charge in [-0.2, -0.15) is 0 Å². The lowest BCUT2D eigenvalue weighted by molar-refractivity contribution is 0.645. The first-order valence-electron chi connectivity index (χ1n) is 5.23. The van der Waals surface area contributed by atoms with Crippen molar-refractivity contribution in [2.75, 3.05) is 11.1 Å². The lowest BCUT2D eigenvalue weighted by atomic mass is 10.0. The minimum Gasteiger partial charge on any atom is -0.397 e. The van der Waals surface area contributed by atoms with E-state index in [0.717, 1.165) is 30.6 Å². The molecule has 15 heavy (non-hydrogen) atoms. The number of anilines is 2. The fourth-order valence-corrected chi connectivity index (χ4v) is 2.06. The van der Waals surface area contributed by atoms with E-state index in [4.69, 9.17) is 17.3 Å². The van der Waals surface area contributed by atoms with Crippen molar-refractivity contribution in [3.8, 4) is 0 Å². The van der Waals surface area contributed by atoms with Crippen molar-refractivity contribution in [1.29, 1.82) is 0 Å². The molecule has 0 heterocycles. The number of nitrogens with two attached hydrogens (primary N) is 1.